The van der Waals surface area contributed by atoms with Crippen LogP contribution in [0.1, 0.15) is 0 Å². The third kappa shape index (κ3) is 5.81. The van der Waals surface area contributed by atoms with E-state index in [1.54, 1.807) is 24.3 Å². The molecule has 5 heteroatoms. The van der Waals surface area contributed by atoms with E-state index in [1.807, 2.05) is 21.1 Å². The second-order valence-electron chi connectivity index (χ2n) is 4.25. The minimum Gasteiger partial charge on any atom is -0.350 e. The first kappa shape index (κ1) is 13.4. The van der Waals surface area contributed by atoms with Gasteiger partial charge in [0.2, 0.25) is 0 Å². The average molecular weight is 254 g/mol. The summed E-state index contributed by atoms with van der Waals surface area (Å²) >= 11 is 5.77. The first-order valence-corrected chi connectivity index (χ1v) is 5.32. The second kappa shape index (κ2) is 5.58. The normalized spacial score (nSPS) is 10.1. The van der Waals surface area contributed by atoms with E-state index in [9.17, 15) is 4.79 Å². The zero-order chi connectivity index (χ0) is 12.9. The highest BCUT2D eigenvalue weighted by Gasteiger charge is 2.04. The van der Waals surface area contributed by atoms with E-state index in [4.69, 9.17) is 16.3 Å². The lowest BCUT2D eigenvalue weighted by Crippen LogP contribution is -2.27. The Balaban J connectivity index is 2.53. The van der Waals surface area contributed by atoms with Gasteiger partial charge >= 0.3 is 6.09 Å². The Hall–Kier alpha value is -1.70. The molecule has 0 unspecified atom stereocenters. The molecule has 1 aromatic carbocycles. The number of rotatable bonds is 1. The molecule has 0 aliphatic heterocycles. The SMILES string of the molecule is C[N+](C)(C)C#COC(=O)Nc1cccc(Cl)c1. The van der Waals surface area contributed by atoms with Crippen molar-refractivity contribution in [1.29, 1.82) is 0 Å². The Morgan fingerprint density at radius 3 is 2.71 bits per heavy atom. The highest BCUT2D eigenvalue weighted by molar-refractivity contribution is 6.30. The van der Waals surface area contributed by atoms with Crippen LogP contribution < -0.4 is 5.32 Å². The number of halogens is 1. The van der Waals surface area contributed by atoms with Crippen LogP contribution in [0.25, 0.3) is 0 Å². The van der Waals surface area contributed by atoms with Crippen LogP contribution in [-0.4, -0.2) is 31.7 Å². The molecular formula is C12H14ClN2O2+. The molecule has 0 saturated carbocycles. The van der Waals surface area contributed by atoms with E-state index in [-0.39, 0.29) is 0 Å². The molecule has 0 aliphatic rings. The maximum absolute atomic E-state index is 11.3. The summed E-state index contributed by atoms with van der Waals surface area (Å²) < 4.78 is 5.09. The monoisotopic (exact) mass is 253 g/mol. The van der Waals surface area contributed by atoms with Gasteiger partial charge in [-0.1, -0.05) is 17.7 Å². The van der Waals surface area contributed by atoms with Gasteiger partial charge in [-0.15, -0.1) is 0 Å². The fourth-order valence-corrected chi connectivity index (χ4v) is 1.11. The molecule has 1 amide bonds. The summed E-state index contributed by atoms with van der Waals surface area (Å²) in [5, 5.41) is 3.06. The van der Waals surface area contributed by atoms with Crippen molar-refractivity contribution in [1.82, 2.24) is 0 Å². The summed E-state index contributed by atoms with van der Waals surface area (Å²) in [7, 11) is 5.60. The Morgan fingerprint density at radius 2 is 2.12 bits per heavy atom. The van der Waals surface area contributed by atoms with Gasteiger partial charge in [-0.25, -0.2) is 4.79 Å². The Kier molecular flexibility index (Phi) is 4.38. The van der Waals surface area contributed by atoms with Gasteiger partial charge < -0.3 is 4.74 Å². The third-order valence-corrected chi connectivity index (χ3v) is 1.83. The number of quaternary nitrogens is 1. The minimum atomic E-state index is -0.631. The van der Waals surface area contributed by atoms with E-state index in [0.29, 0.717) is 15.2 Å². The Bertz CT molecular complexity index is 469. The molecule has 17 heavy (non-hydrogen) atoms. The largest absolute Gasteiger partial charge is 0.425 e. The van der Waals surface area contributed by atoms with Gasteiger partial charge in [0.15, 0.2) is 12.2 Å². The number of carbonyl (C=O) groups is 1. The molecule has 1 rings (SSSR count). The fourth-order valence-electron chi connectivity index (χ4n) is 0.916. The van der Waals surface area contributed by atoms with Crippen molar-refractivity contribution in [3.05, 3.63) is 29.3 Å². The molecule has 0 heterocycles. The molecule has 90 valence electrons. The van der Waals surface area contributed by atoms with Crippen LogP contribution in [0.4, 0.5) is 10.5 Å². The Labute approximate surface area is 106 Å². The average Bonchev–Trinajstić information content (AvgIpc) is 2.15. The molecule has 0 atom stereocenters. The standard InChI is InChI=1S/C12H13ClN2O2/c1-15(2,3)7-8-17-12(16)14-11-6-4-5-10(13)9-11/h4-6,9H,1-3H3/p+1. The minimum absolute atomic E-state index is 0.393. The van der Waals surface area contributed by atoms with Crippen molar-refractivity contribution in [3.8, 4) is 12.2 Å². The van der Waals surface area contributed by atoms with Crippen molar-refractivity contribution in [2.75, 3.05) is 26.5 Å². The Morgan fingerprint density at radius 1 is 1.41 bits per heavy atom. The van der Waals surface area contributed by atoms with Crippen molar-refractivity contribution < 1.29 is 14.0 Å². The van der Waals surface area contributed by atoms with Gasteiger partial charge in [0.25, 0.3) is 0 Å². The predicted molar refractivity (Wildman–Crippen MR) is 67.4 cm³/mol. The quantitative estimate of drug-likeness (QED) is 0.617. The van der Waals surface area contributed by atoms with Gasteiger partial charge in [0.1, 0.15) is 0 Å². The molecule has 0 radical (unpaired) electrons. The van der Waals surface area contributed by atoms with Crippen LogP contribution in [0, 0.1) is 12.2 Å². The maximum Gasteiger partial charge on any atom is 0.425 e. The number of anilines is 1. The molecule has 0 saturated heterocycles. The summed E-state index contributed by atoms with van der Waals surface area (Å²) in [5.41, 5.74) is 0.564. The van der Waals surface area contributed by atoms with Crippen molar-refractivity contribution >= 4 is 23.4 Å². The molecule has 0 aliphatic carbocycles. The maximum atomic E-state index is 11.3. The van der Waals surface area contributed by atoms with Gasteiger partial charge in [0.05, 0.1) is 21.1 Å². The number of nitrogens with zero attached hydrogens (tertiary/aromatic N) is 1. The van der Waals surface area contributed by atoms with E-state index in [2.05, 4.69) is 17.5 Å². The summed E-state index contributed by atoms with van der Waals surface area (Å²) in [6, 6.07) is 9.51. The number of hydrogen-bond acceptors (Lipinski definition) is 2. The highest BCUT2D eigenvalue weighted by atomic mass is 35.5. The van der Waals surface area contributed by atoms with Crippen LogP contribution in [0.2, 0.25) is 5.02 Å². The van der Waals surface area contributed by atoms with Gasteiger partial charge in [-0.3, -0.25) is 9.80 Å². The second-order valence-corrected chi connectivity index (χ2v) is 4.69. The predicted octanol–water partition coefficient (Wildman–Crippen LogP) is 2.51. The van der Waals surface area contributed by atoms with Crippen LogP contribution in [0.5, 0.6) is 0 Å². The first-order chi connectivity index (χ1) is 7.87. The number of benzene rings is 1. The fraction of sp³-hybridized carbons (Fsp3) is 0.250. The molecule has 0 spiro atoms. The van der Waals surface area contributed by atoms with Crippen LogP contribution >= 0.6 is 11.6 Å². The van der Waals surface area contributed by atoms with Crippen molar-refractivity contribution in [3.63, 3.8) is 0 Å². The van der Waals surface area contributed by atoms with Gasteiger partial charge in [-0.05, 0) is 18.2 Å². The lowest BCUT2D eigenvalue weighted by Gasteiger charge is -2.11. The van der Waals surface area contributed by atoms with Crippen molar-refractivity contribution in [2.45, 2.75) is 0 Å². The zero-order valence-corrected chi connectivity index (χ0v) is 10.7. The first-order valence-electron chi connectivity index (χ1n) is 4.94. The lowest BCUT2D eigenvalue weighted by atomic mass is 10.3. The molecule has 0 fully saturated rings. The molecular weight excluding hydrogens is 240 g/mol. The number of ether oxygens (including phenoxy) is 1. The van der Waals surface area contributed by atoms with Gasteiger partial charge in [0, 0.05) is 10.7 Å². The molecule has 0 aromatic heterocycles. The molecule has 1 aromatic rings. The van der Waals surface area contributed by atoms with Crippen molar-refractivity contribution in [2.24, 2.45) is 0 Å². The number of hydrogen-bond donors (Lipinski definition) is 1. The van der Waals surface area contributed by atoms with Gasteiger partial charge in [-0.2, -0.15) is 0 Å². The lowest BCUT2D eigenvalue weighted by molar-refractivity contribution is -0.800. The smallest absolute Gasteiger partial charge is 0.350 e. The summed E-state index contributed by atoms with van der Waals surface area (Å²) in [4.78, 5) is 11.3. The molecule has 4 nitrogen and oxygen atoms in total. The molecule has 0 bridgehead atoms. The van der Waals surface area contributed by atoms with E-state index >= 15 is 0 Å². The number of amides is 1. The van der Waals surface area contributed by atoms with Crippen LogP contribution in [0.3, 0.4) is 0 Å². The van der Waals surface area contributed by atoms with E-state index in [1.165, 1.54) is 0 Å². The third-order valence-electron chi connectivity index (χ3n) is 1.60. The topological polar surface area (TPSA) is 38.3 Å². The number of nitrogens with one attached hydrogen (secondary N) is 1. The van der Waals surface area contributed by atoms with Crippen LogP contribution in [-0.2, 0) is 4.74 Å². The number of carbonyl (C=O) groups excluding carboxylic acids is 1. The summed E-state index contributed by atoms with van der Waals surface area (Å²) in [5.74, 6) is 0. The van der Waals surface area contributed by atoms with E-state index < -0.39 is 6.09 Å². The van der Waals surface area contributed by atoms with Crippen LogP contribution in [0.15, 0.2) is 24.3 Å². The summed E-state index contributed by atoms with van der Waals surface area (Å²) in [6.07, 6.45) is 1.71. The van der Waals surface area contributed by atoms with E-state index in [0.717, 1.165) is 0 Å². The zero-order valence-electron chi connectivity index (χ0n) is 9.95. The molecule has 1 N–H and O–H groups in total. The highest BCUT2D eigenvalue weighted by Crippen LogP contribution is 2.14. The summed E-state index contributed by atoms with van der Waals surface area (Å²) in [6.45, 7) is 0.